The van der Waals surface area contributed by atoms with Crippen LogP contribution in [0.1, 0.15) is 41.4 Å². The second-order valence-corrected chi connectivity index (χ2v) is 5.86. The van der Waals surface area contributed by atoms with E-state index in [2.05, 4.69) is 40.5 Å². The van der Waals surface area contributed by atoms with Gasteiger partial charge in [0, 0.05) is 25.4 Å². The lowest BCUT2D eigenvalue weighted by Crippen LogP contribution is -2.27. The molecule has 24 heavy (non-hydrogen) atoms. The summed E-state index contributed by atoms with van der Waals surface area (Å²) in [5.41, 5.74) is 3.69. The van der Waals surface area contributed by atoms with E-state index in [1.54, 1.807) is 13.2 Å². The average molecular weight is 328 g/mol. The van der Waals surface area contributed by atoms with Gasteiger partial charge in [0.05, 0.1) is 6.61 Å². The Balaban J connectivity index is 2.20. The number of benzene rings is 1. The molecule has 1 amide bonds. The molecule has 0 aliphatic heterocycles. The highest BCUT2D eigenvalue weighted by molar-refractivity contribution is 5.93. The Hall–Kier alpha value is -2.47. The number of hydrogen-bond acceptors (Lipinski definition) is 5. The minimum absolute atomic E-state index is 0.244. The number of nitrogens with zero attached hydrogens (tertiary/aromatic N) is 2. The van der Waals surface area contributed by atoms with Crippen LogP contribution in [0, 0.1) is 6.92 Å². The van der Waals surface area contributed by atoms with Gasteiger partial charge in [-0.05, 0) is 24.0 Å². The standard InChI is InChI=1S/C18H24N4O2/c1-12(2)14-7-5-6-13(3)17(14)22-16-10-15(20-11-21-16)18(23)19-8-9-24-4/h5-7,10-12H,8-9H2,1-4H3,(H,19,23)(H,20,21,22). The fourth-order valence-corrected chi connectivity index (χ4v) is 2.38. The highest BCUT2D eigenvalue weighted by Crippen LogP contribution is 2.29. The summed E-state index contributed by atoms with van der Waals surface area (Å²) < 4.78 is 4.92. The lowest BCUT2D eigenvalue weighted by atomic mass is 9.98. The normalized spacial score (nSPS) is 10.7. The number of ether oxygens (including phenoxy) is 1. The molecule has 1 aromatic heterocycles. The van der Waals surface area contributed by atoms with Gasteiger partial charge in [-0.15, -0.1) is 0 Å². The molecule has 0 aliphatic carbocycles. The van der Waals surface area contributed by atoms with Crippen molar-refractivity contribution in [3.05, 3.63) is 47.4 Å². The van der Waals surface area contributed by atoms with Gasteiger partial charge < -0.3 is 15.4 Å². The molecule has 0 bridgehead atoms. The third-order valence-corrected chi connectivity index (χ3v) is 3.67. The molecule has 0 spiro atoms. The molecule has 0 unspecified atom stereocenters. The molecule has 1 heterocycles. The highest BCUT2D eigenvalue weighted by Gasteiger charge is 2.12. The van der Waals surface area contributed by atoms with Crippen molar-refractivity contribution in [3.8, 4) is 0 Å². The largest absolute Gasteiger partial charge is 0.383 e. The van der Waals surface area contributed by atoms with E-state index in [1.807, 2.05) is 19.1 Å². The number of aromatic nitrogens is 2. The van der Waals surface area contributed by atoms with Crippen LogP contribution < -0.4 is 10.6 Å². The van der Waals surface area contributed by atoms with Gasteiger partial charge in [-0.1, -0.05) is 32.0 Å². The number of amides is 1. The van der Waals surface area contributed by atoms with Crippen molar-refractivity contribution in [1.29, 1.82) is 0 Å². The van der Waals surface area contributed by atoms with E-state index < -0.39 is 0 Å². The molecule has 0 aliphatic rings. The van der Waals surface area contributed by atoms with Crippen LogP contribution in [0.5, 0.6) is 0 Å². The minimum atomic E-state index is -0.244. The number of hydrogen-bond donors (Lipinski definition) is 2. The summed E-state index contributed by atoms with van der Waals surface area (Å²) in [6, 6.07) is 7.84. The smallest absolute Gasteiger partial charge is 0.270 e. The zero-order valence-corrected chi connectivity index (χ0v) is 14.6. The fraction of sp³-hybridized carbons (Fsp3) is 0.389. The Kier molecular flexibility index (Phi) is 6.26. The van der Waals surface area contributed by atoms with Gasteiger partial charge in [0.1, 0.15) is 17.8 Å². The summed E-state index contributed by atoms with van der Waals surface area (Å²) >= 11 is 0. The molecule has 6 nitrogen and oxygen atoms in total. The van der Waals surface area contributed by atoms with Crippen LogP contribution in [0.25, 0.3) is 0 Å². The van der Waals surface area contributed by atoms with E-state index in [4.69, 9.17) is 4.74 Å². The number of anilines is 2. The Morgan fingerprint density at radius 3 is 2.79 bits per heavy atom. The summed E-state index contributed by atoms with van der Waals surface area (Å²) in [5.74, 6) is 0.732. The van der Waals surface area contributed by atoms with Gasteiger partial charge in [0.15, 0.2) is 0 Å². The predicted molar refractivity (Wildman–Crippen MR) is 94.8 cm³/mol. The quantitative estimate of drug-likeness (QED) is 0.764. The molecule has 0 saturated carbocycles. The first-order valence-corrected chi connectivity index (χ1v) is 7.98. The van der Waals surface area contributed by atoms with Crippen LogP contribution in [0.3, 0.4) is 0 Å². The molecule has 2 rings (SSSR count). The van der Waals surface area contributed by atoms with Crippen LogP contribution in [0.4, 0.5) is 11.5 Å². The van der Waals surface area contributed by atoms with E-state index in [1.165, 1.54) is 11.9 Å². The molecule has 0 atom stereocenters. The van der Waals surface area contributed by atoms with E-state index in [9.17, 15) is 4.79 Å². The second kappa shape index (κ2) is 8.40. The predicted octanol–water partition coefficient (Wildman–Crippen LogP) is 3.03. The first-order valence-electron chi connectivity index (χ1n) is 7.98. The highest BCUT2D eigenvalue weighted by atomic mass is 16.5. The van der Waals surface area contributed by atoms with Gasteiger partial charge >= 0.3 is 0 Å². The summed E-state index contributed by atoms with van der Waals surface area (Å²) in [4.78, 5) is 20.3. The Bertz CT molecular complexity index is 701. The molecular weight excluding hydrogens is 304 g/mol. The molecule has 0 fully saturated rings. The van der Waals surface area contributed by atoms with Crippen molar-refractivity contribution in [3.63, 3.8) is 0 Å². The Morgan fingerprint density at radius 2 is 2.08 bits per heavy atom. The molecule has 0 radical (unpaired) electrons. The first kappa shape index (κ1) is 17.9. The van der Waals surface area contributed by atoms with Crippen molar-refractivity contribution in [2.24, 2.45) is 0 Å². The zero-order chi connectivity index (χ0) is 17.5. The number of nitrogens with one attached hydrogen (secondary N) is 2. The third-order valence-electron chi connectivity index (χ3n) is 3.67. The average Bonchev–Trinajstić information content (AvgIpc) is 2.57. The maximum atomic E-state index is 12.1. The van der Waals surface area contributed by atoms with Crippen LogP contribution in [-0.4, -0.2) is 36.1 Å². The van der Waals surface area contributed by atoms with Gasteiger partial charge in [0.2, 0.25) is 0 Å². The Morgan fingerprint density at radius 1 is 1.29 bits per heavy atom. The second-order valence-electron chi connectivity index (χ2n) is 5.86. The minimum Gasteiger partial charge on any atom is -0.383 e. The molecule has 1 aromatic carbocycles. The first-order chi connectivity index (χ1) is 11.5. The summed E-state index contributed by atoms with van der Waals surface area (Å²) in [7, 11) is 1.59. The molecule has 128 valence electrons. The van der Waals surface area contributed by atoms with E-state index in [0.29, 0.717) is 30.6 Å². The summed E-state index contributed by atoms with van der Waals surface area (Å²) in [6.07, 6.45) is 1.39. The topological polar surface area (TPSA) is 76.1 Å². The van der Waals surface area contributed by atoms with Crippen molar-refractivity contribution in [2.45, 2.75) is 26.7 Å². The summed E-state index contributed by atoms with van der Waals surface area (Å²) in [5, 5.41) is 6.08. The molecule has 0 saturated heterocycles. The number of aryl methyl sites for hydroxylation is 1. The maximum absolute atomic E-state index is 12.1. The lowest BCUT2D eigenvalue weighted by molar-refractivity contribution is 0.0932. The van der Waals surface area contributed by atoms with Gasteiger partial charge in [-0.25, -0.2) is 9.97 Å². The molecule has 2 N–H and O–H groups in total. The van der Waals surface area contributed by atoms with E-state index in [0.717, 1.165) is 11.3 Å². The Labute approximate surface area is 142 Å². The molecule has 6 heteroatoms. The van der Waals surface area contributed by atoms with Gasteiger partial charge in [0.25, 0.3) is 5.91 Å². The zero-order valence-electron chi connectivity index (χ0n) is 14.6. The summed E-state index contributed by atoms with van der Waals surface area (Å²) in [6.45, 7) is 7.25. The monoisotopic (exact) mass is 328 g/mol. The fourth-order valence-electron chi connectivity index (χ4n) is 2.38. The van der Waals surface area contributed by atoms with Gasteiger partial charge in [-0.2, -0.15) is 0 Å². The van der Waals surface area contributed by atoms with Crippen LogP contribution >= 0.6 is 0 Å². The van der Waals surface area contributed by atoms with Crippen LogP contribution in [0.15, 0.2) is 30.6 Å². The number of methoxy groups -OCH3 is 1. The van der Waals surface area contributed by atoms with Crippen LogP contribution in [-0.2, 0) is 4.74 Å². The maximum Gasteiger partial charge on any atom is 0.270 e. The number of carbonyl (C=O) groups is 1. The van der Waals surface area contributed by atoms with Crippen molar-refractivity contribution >= 4 is 17.4 Å². The van der Waals surface area contributed by atoms with Crippen LogP contribution in [0.2, 0.25) is 0 Å². The van der Waals surface area contributed by atoms with Gasteiger partial charge in [-0.3, -0.25) is 4.79 Å². The van der Waals surface area contributed by atoms with Crippen molar-refractivity contribution in [2.75, 3.05) is 25.6 Å². The number of rotatable bonds is 7. The molecular formula is C18H24N4O2. The van der Waals surface area contributed by atoms with Crippen molar-refractivity contribution in [1.82, 2.24) is 15.3 Å². The van der Waals surface area contributed by atoms with Crippen molar-refractivity contribution < 1.29 is 9.53 Å². The third kappa shape index (κ3) is 4.52. The molecule has 2 aromatic rings. The van der Waals surface area contributed by atoms with E-state index >= 15 is 0 Å². The van der Waals surface area contributed by atoms with E-state index in [-0.39, 0.29) is 5.91 Å². The lowest BCUT2D eigenvalue weighted by Gasteiger charge is -2.17. The number of carbonyl (C=O) groups excluding carboxylic acids is 1. The SMILES string of the molecule is COCCNC(=O)c1cc(Nc2c(C)cccc2C(C)C)ncn1. The number of para-hydroxylation sites is 1.